The zero-order chi connectivity index (χ0) is 13.0. The molecule has 1 heterocycles. The van der Waals surface area contributed by atoms with Gasteiger partial charge in [-0.05, 0) is 45.1 Å². The highest BCUT2D eigenvalue weighted by molar-refractivity contribution is 5.84. The molecule has 3 N–H and O–H groups in total. The Morgan fingerprint density at radius 2 is 2.17 bits per heavy atom. The lowest BCUT2D eigenvalue weighted by Crippen LogP contribution is -2.21. The van der Waals surface area contributed by atoms with Crippen molar-refractivity contribution in [1.82, 2.24) is 15.2 Å². The number of nitrogens with one attached hydrogen (secondary N) is 1. The molecule has 100 valence electrons. The summed E-state index contributed by atoms with van der Waals surface area (Å²) in [7, 11) is 0. The molecule has 0 saturated heterocycles. The van der Waals surface area contributed by atoms with Gasteiger partial charge in [-0.3, -0.25) is 5.10 Å². The van der Waals surface area contributed by atoms with Crippen molar-refractivity contribution in [3.05, 3.63) is 11.6 Å². The monoisotopic (exact) mass is 252 g/mol. The summed E-state index contributed by atoms with van der Waals surface area (Å²) in [6.07, 6.45) is 4.35. The topological polar surface area (TPSA) is 93.9 Å². The van der Waals surface area contributed by atoms with Crippen LogP contribution in [-0.4, -0.2) is 34.3 Å². The van der Waals surface area contributed by atoms with Crippen molar-refractivity contribution < 1.29 is 9.53 Å². The molecule has 1 fully saturated rings. The maximum atomic E-state index is 11.5. The van der Waals surface area contributed by atoms with E-state index in [0.29, 0.717) is 18.4 Å². The first-order valence-corrected chi connectivity index (χ1v) is 6.54. The SMILES string of the molecule is CCOC(=O)c1n[nH]c(C2CCC(CN)CC2)n1. The van der Waals surface area contributed by atoms with E-state index in [1.165, 1.54) is 0 Å². The van der Waals surface area contributed by atoms with E-state index < -0.39 is 5.97 Å². The third-order valence-corrected chi connectivity index (χ3v) is 3.53. The zero-order valence-electron chi connectivity index (χ0n) is 10.7. The number of H-pyrrole nitrogens is 1. The van der Waals surface area contributed by atoms with Crippen LogP contribution in [0.1, 0.15) is 55.0 Å². The summed E-state index contributed by atoms with van der Waals surface area (Å²) in [6.45, 7) is 2.86. The van der Waals surface area contributed by atoms with Gasteiger partial charge in [-0.1, -0.05) is 0 Å². The van der Waals surface area contributed by atoms with Crippen molar-refractivity contribution >= 4 is 5.97 Å². The number of rotatable bonds is 4. The Morgan fingerprint density at radius 1 is 1.44 bits per heavy atom. The van der Waals surface area contributed by atoms with E-state index >= 15 is 0 Å². The highest BCUT2D eigenvalue weighted by Gasteiger charge is 2.25. The lowest BCUT2D eigenvalue weighted by Gasteiger charge is -2.25. The molecule has 1 aliphatic rings. The van der Waals surface area contributed by atoms with Crippen molar-refractivity contribution in [2.24, 2.45) is 11.7 Å². The van der Waals surface area contributed by atoms with Gasteiger partial charge >= 0.3 is 5.97 Å². The van der Waals surface area contributed by atoms with Crippen LogP contribution in [0.3, 0.4) is 0 Å². The number of hydrogen-bond donors (Lipinski definition) is 2. The smallest absolute Gasteiger partial charge is 0.378 e. The van der Waals surface area contributed by atoms with Crippen LogP contribution in [0, 0.1) is 5.92 Å². The average Bonchev–Trinajstić information content (AvgIpc) is 2.89. The van der Waals surface area contributed by atoms with Crippen LogP contribution in [0.2, 0.25) is 0 Å². The standard InChI is InChI=1S/C12H20N4O2/c1-2-18-12(17)11-14-10(15-16-11)9-5-3-8(7-13)4-6-9/h8-9H,2-7,13H2,1H3,(H,14,15,16). The number of nitrogens with zero attached hydrogens (tertiary/aromatic N) is 2. The maximum absolute atomic E-state index is 11.5. The van der Waals surface area contributed by atoms with Crippen molar-refractivity contribution in [2.45, 2.75) is 38.5 Å². The number of aromatic amines is 1. The van der Waals surface area contributed by atoms with Crippen LogP contribution in [0.15, 0.2) is 0 Å². The molecule has 6 nitrogen and oxygen atoms in total. The Labute approximate surface area is 106 Å². The summed E-state index contributed by atoms with van der Waals surface area (Å²) in [4.78, 5) is 15.7. The van der Waals surface area contributed by atoms with Gasteiger partial charge in [0.15, 0.2) is 0 Å². The van der Waals surface area contributed by atoms with Crippen LogP contribution in [0.25, 0.3) is 0 Å². The molecule has 18 heavy (non-hydrogen) atoms. The quantitative estimate of drug-likeness (QED) is 0.786. The molecule has 0 atom stereocenters. The Balaban J connectivity index is 1.96. The first-order valence-electron chi connectivity index (χ1n) is 6.54. The summed E-state index contributed by atoms with van der Waals surface area (Å²) in [5, 5.41) is 6.77. The molecular weight excluding hydrogens is 232 g/mol. The maximum Gasteiger partial charge on any atom is 0.378 e. The predicted molar refractivity (Wildman–Crippen MR) is 66.1 cm³/mol. The van der Waals surface area contributed by atoms with Crippen LogP contribution in [-0.2, 0) is 4.74 Å². The fourth-order valence-electron chi connectivity index (χ4n) is 2.42. The van der Waals surface area contributed by atoms with E-state index in [9.17, 15) is 4.79 Å². The molecule has 1 aromatic heterocycles. The summed E-state index contributed by atoms with van der Waals surface area (Å²) >= 11 is 0. The molecule has 1 saturated carbocycles. The van der Waals surface area contributed by atoms with Crippen LogP contribution < -0.4 is 5.73 Å². The van der Waals surface area contributed by atoms with Gasteiger partial charge in [-0.15, -0.1) is 5.10 Å². The predicted octanol–water partition coefficient (Wildman–Crippen LogP) is 1.21. The van der Waals surface area contributed by atoms with E-state index in [1.807, 2.05) is 0 Å². The fraction of sp³-hybridized carbons (Fsp3) is 0.750. The summed E-state index contributed by atoms with van der Waals surface area (Å²) in [5.74, 6) is 1.47. The molecule has 1 aliphatic carbocycles. The number of carbonyl (C=O) groups excluding carboxylic acids is 1. The molecule has 6 heteroatoms. The number of hydrogen-bond acceptors (Lipinski definition) is 5. The van der Waals surface area contributed by atoms with E-state index in [1.54, 1.807) is 6.92 Å². The highest BCUT2D eigenvalue weighted by atomic mass is 16.5. The normalized spacial score (nSPS) is 23.9. The number of nitrogens with two attached hydrogens (primary N) is 1. The largest absolute Gasteiger partial charge is 0.460 e. The van der Waals surface area contributed by atoms with E-state index in [4.69, 9.17) is 10.5 Å². The van der Waals surface area contributed by atoms with Gasteiger partial charge in [0.25, 0.3) is 5.82 Å². The molecule has 2 rings (SSSR count). The lowest BCUT2D eigenvalue weighted by atomic mass is 9.82. The minimum Gasteiger partial charge on any atom is -0.460 e. The molecule has 0 unspecified atom stereocenters. The van der Waals surface area contributed by atoms with Crippen molar-refractivity contribution in [3.8, 4) is 0 Å². The molecule has 0 bridgehead atoms. The Morgan fingerprint density at radius 3 is 2.78 bits per heavy atom. The van der Waals surface area contributed by atoms with Crippen molar-refractivity contribution in [2.75, 3.05) is 13.2 Å². The number of ether oxygens (including phenoxy) is 1. The van der Waals surface area contributed by atoms with Crippen molar-refractivity contribution in [3.63, 3.8) is 0 Å². The Kier molecular flexibility index (Phi) is 4.30. The van der Waals surface area contributed by atoms with Crippen LogP contribution >= 0.6 is 0 Å². The molecule has 0 aromatic carbocycles. The zero-order valence-corrected chi connectivity index (χ0v) is 10.7. The number of carbonyl (C=O) groups is 1. The Bertz CT molecular complexity index is 397. The first kappa shape index (κ1) is 13.0. The van der Waals surface area contributed by atoms with Gasteiger partial charge in [0, 0.05) is 5.92 Å². The second kappa shape index (κ2) is 5.95. The fourth-order valence-corrected chi connectivity index (χ4v) is 2.42. The lowest BCUT2D eigenvalue weighted by molar-refractivity contribution is 0.0512. The van der Waals surface area contributed by atoms with Gasteiger partial charge in [-0.25, -0.2) is 9.78 Å². The minimum atomic E-state index is -0.462. The van der Waals surface area contributed by atoms with Gasteiger partial charge in [0.1, 0.15) is 5.82 Å². The van der Waals surface area contributed by atoms with Gasteiger partial charge in [0.05, 0.1) is 6.61 Å². The molecule has 0 aliphatic heterocycles. The average molecular weight is 252 g/mol. The third-order valence-electron chi connectivity index (χ3n) is 3.53. The van der Waals surface area contributed by atoms with E-state index in [-0.39, 0.29) is 5.82 Å². The number of esters is 1. The molecular formula is C12H20N4O2. The van der Waals surface area contributed by atoms with Gasteiger partial charge < -0.3 is 10.5 Å². The summed E-state index contributed by atoms with van der Waals surface area (Å²) in [5.41, 5.74) is 5.67. The second-order valence-corrected chi connectivity index (χ2v) is 4.72. The minimum absolute atomic E-state index is 0.132. The molecule has 1 aromatic rings. The molecule has 0 amide bonds. The first-order chi connectivity index (χ1) is 8.74. The van der Waals surface area contributed by atoms with Crippen LogP contribution in [0.4, 0.5) is 0 Å². The molecule has 0 radical (unpaired) electrons. The second-order valence-electron chi connectivity index (χ2n) is 4.72. The van der Waals surface area contributed by atoms with E-state index in [2.05, 4.69) is 15.2 Å². The Hall–Kier alpha value is -1.43. The van der Waals surface area contributed by atoms with Gasteiger partial charge in [-0.2, -0.15) is 0 Å². The third kappa shape index (κ3) is 2.87. The number of aromatic nitrogens is 3. The summed E-state index contributed by atoms with van der Waals surface area (Å²) in [6, 6.07) is 0. The van der Waals surface area contributed by atoms with Crippen LogP contribution in [0.5, 0.6) is 0 Å². The van der Waals surface area contributed by atoms with Crippen molar-refractivity contribution in [1.29, 1.82) is 0 Å². The van der Waals surface area contributed by atoms with E-state index in [0.717, 1.165) is 38.1 Å². The highest BCUT2D eigenvalue weighted by Crippen LogP contribution is 2.33. The van der Waals surface area contributed by atoms with Gasteiger partial charge in [0.2, 0.25) is 0 Å². The molecule has 0 spiro atoms. The summed E-state index contributed by atoms with van der Waals surface area (Å²) < 4.78 is 4.86.